The van der Waals surface area contributed by atoms with Gasteiger partial charge in [0.25, 0.3) is 0 Å². The fourth-order valence-electron chi connectivity index (χ4n) is 3.12. The lowest BCUT2D eigenvalue weighted by Crippen LogP contribution is -2.33. The average molecular weight is 325 g/mol. The summed E-state index contributed by atoms with van der Waals surface area (Å²) in [5.74, 6) is 0. The van der Waals surface area contributed by atoms with Crippen molar-refractivity contribution in [3.05, 3.63) is 71.3 Å². The van der Waals surface area contributed by atoms with Gasteiger partial charge in [-0.05, 0) is 44.9 Å². The van der Waals surface area contributed by atoms with Crippen molar-refractivity contribution in [3.8, 4) is 0 Å². The molecule has 0 bridgehead atoms. The number of hydrogen-bond acceptors (Lipinski definition) is 2. The first-order chi connectivity index (χ1) is 11.5. The first-order valence-corrected chi connectivity index (χ1v) is 9.01. The molecule has 0 saturated heterocycles. The molecule has 1 N–H and O–H groups in total. The molecule has 1 aliphatic rings. The quantitative estimate of drug-likeness (QED) is 0.702. The molecule has 2 nitrogen and oxygen atoms in total. The first-order valence-electron chi connectivity index (χ1n) is 9.01. The lowest BCUT2D eigenvalue weighted by atomic mass is 10.0. The molecule has 0 saturated carbocycles. The maximum absolute atomic E-state index is 4.06. The third kappa shape index (κ3) is 5.47. The van der Waals surface area contributed by atoms with Gasteiger partial charge in [0.2, 0.25) is 0 Å². The molecule has 0 amide bonds. The molecule has 0 heterocycles. The summed E-state index contributed by atoms with van der Waals surface area (Å²) in [6.45, 7) is 12.4. The van der Waals surface area contributed by atoms with Crippen LogP contribution in [-0.4, -0.2) is 30.6 Å². The van der Waals surface area contributed by atoms with Crippen molar-refractivity contribution in [3.63, 3.8) is 0 Å². The molecule has 0 aliphatic heterocycles. The van der Waals surface area contributed by atoms with Gasteiger partial charge in [-0.2, -0.15) is 0 Å². The molecule has 1 aromatic rings. The predicted molar refractivity (Wildman–Crippen MR) is 105 cm³/mol. The lowest BCUT2D eigenvalue weighted by molar-refractivity contribution is 0.273. The molecule has 1 aliphatic carbocycles. The van der Waals surface area contributed by atoms with Crippen molar-refractivity contribution in [1.29, 1.82) is 0 Å². The van der Waals surface area contributed by atoms with E-state index >= 15 is 0 Å². The second-order valence-corrected chi connectivity index (χ2v) is 7.03. The smallest absolute Gasteiger partial charge is 0.0316 e. The Balaban J connectivity index is 1.82. The van der Waals surface area contributed by atoms with Crippen LogP contribution in [0, 0.1) is 6.92 Å². The molecule has 0 aromatic heterocycles. The van der Waals surface area contributed by atoms with E-state index in [0.717, 1.165) is 25.9 Å². The topological polar surface area (TPSA) is 15.3 Å². The van der Waals surface area contributed by atoms with Crippen LogP contribution in [0.2, 0.25) is 0 Å². The molecule has 2 rings (SSSR count). The Hall–Kier alpha value is -1.64. The van der Waals surface area contributed by atoms with Crippen LogP contribution in [0.4, 0.5) is 0 Å². The van der Waals surface area contributed by atoms with Gasteiger partial charge in [-0.15, -0.1) is 0 Å². The Morgan fingerprint density at radius 2 is 2.04 bits per heavy atom. The fraction of sp³-hybridized carbons (Fsp3) is 0.455. The summed E-state index contributed by atoms with van der Waals surface area (Å²) in [5, 5.41) is 3.60. The van der Waals surface area contributed by atoms with Gasteiger partial charge >= 0.3 is 0 Å². The Morgan fingerprint density at radius 3 is 2.58 bits per heavy atom. The van der Waals surface area contributed by atoms with Gasteiger partial charge in [0, 0.05) is 25.2 Å². The Kier molecular flexibility index (Phi) is 7.01. The molecule has 0 spiro atoms. The van der Waals surface area contributed by atoms with Crippen LogP contribution < -0.4 is 5.32 Å². The van der Waals surface area contributed by atoms with E-state index in [2.05, 4.69) is 87.1 Å². The van der Waals surface area contributed by atoms with E-state index in [-0.39, 0.29) is 0 Å². The largest absolute Gasteiger partial charge is 0.306 e. The van der Waals surface area contributed by atoms with E-state index < -0.39 is 0 Å². The molecule has 130 valence electrons. The minimum Gasteiger partial charge on any atom is -0.306 e. The minimum atomic E-state index is 0.418. The Morgan fingerprint density at radius 1 is 1.33 bits per heavy atom. The number of nitrogens with zero attached hydrogens (tertiary/aromatic N) is 1. The van der Waals surface area contributed by atoms with E-state index in [1.165, 1.54) is 22.3 Å². The van der Waals surface area contributed by atoms with Gasteiger partial charge in [-0.3, -0.25) is 4.90 Å². The van der Waals surface area contributed by atoms with Crippen LogP contribution in [0.25, 0.3) is 0 Å². The molecular formula is C22H32N2. The normalized spacial score (nSPS) is 18.5. The first kappa shape index (κ1) is 18.7. The van der Waals surface area contributed by atoms with E-state index in [9.17, 15) is 0 Å². The van der Waals surface area contributed by atoms with Crippen LogP contribution in [0.15, 0.2) is 60.2 Å². The number of likely N-dealkylation sites (N-methyl/N-ethyl adjacent to an activating group) is 1. The van der Waals surface area contributed by atoms with Gasteiger partial charge in [-0.1, -0.05) is 67.1 Å². The monoisotopic (exact) mass is 324 g/mol. The fourth-order valence-corrected chi connectivity index (χ4v) is 3.12. The number of aryl methyl sites for hydroxylation is 1. The highest BCUT2D eigenvalue weighted by Crippen LogP contribution is 2.17. The summed E-state index contributed by atoms with van der Waals surface area (Å²) in [7, 11) is 2.21. The summed E-state index contributed by atoms with van der Waals surface area (Å²) in [6.07, 6.45) is 9.16. The number of benzene rings is 1. The summed E-state index contributed by atoms with van der Waals surface area (Å²) in [6, 6.07) is 9.74. The van der Waals surface area contributed by atoms with E-state index in [0.29, 0.717) is 12.1 Å². The van der Waals surface area contributed by atoms with Gasteiger partial charge in [0.05, 0.1) is 0 Å². The zero-order valence-corrected chi connectivity index (χ0v) is 15.7. The second kappa shape index (κ2) is 9.00. The van der Waals surface area contributed by atoms with Crippen molar-refractivity contribution in [1.82, 2.24) is 10.2 Å². The van der Waals surface area contributed by atoms with E-state index in [1.54, 1.807) is 0 Å². The van der Waals surface area contributed by atoms with Crippen molar-refractivity contribution in [2.75, 3.05) is 13.6 Å². The third-order valence-corrected chi connectivity index (χ3v) is 4.83. The Labute approximate surface area is 148 Å². The SMILES string of the molecule is C=C(C)C(CC)NCC1=CCC(N(C)Cc2ccc(C)cc2)C=C1. The molecule has 0 fully saturated rings. The average Bonchev–Trinajstić information content (AvgIpc) is 2.57. The van der Waals surface area contributed by atoms with Crippen LogP contribution >= 0.6 is 0 Å². The molecule has 24 heavy (non-hydrogen) atoms. The minimum absolute atomic E-state index is 0.418. The van der Waals surface area contributed by atoms with Crippen molar-refractivity contribution < 1.29 is 0 Å². The number of hydrogen-bond donors (Lipinski definition) is 1. The van der Waals surface area contributed by atoms with Crippen molar-refractivity contribution >= 4 is 0 Å². The maximum atomic E-state index is 4.06. The maximum Gasteiger partial charge on any atom is 0.0316 e. The molecule has 2 unspecified atom stereocenters. The van der Waals surface area contributed by atoms with Crippen molar-refractivity contribution in [2.45, 2.75) is 52.2 Å². The summed E-state index contributed by atoms with van der Waals surface area (Å²) in [5.41, 5.74) is 5.29. The van der Waals surface area contributed by atoms with Gasteiger partial charge in [-0.25, -0.2) is 0 Å². The zero-order chi connectivity index (χ0) is 17.5. The van der Waals surface area contributed by atoms with Crippen LogP contribution in [0.5, 0.6) is 0 Å². The Bertz CT molecular complexity index is 595. The third-order valence-electron chi connectivity index (χ3n) is 4.83. The molecule has 2 atom stereocenters. The lowest BCUT2D eigenvalue weighted by Gasteiger charge is -2.27. The van der Waals surface area contributed by atoms with Crippen LogP contribution in [0.3, 0.4) is 0 Å². The summed E-state index contributed by atoms with van der Waals surface area (Å²) in [4.78, 5) is 2.42. The van der Waals surface area contributed by atoms with Gasteiger partial charge < -0.3 is 5.32 Å². The van der Waals surface area contributed by atoms with Crippen LogP contribution in [0.1, 0.15) is 37.8 Å². The number of rotatable bonds is 8. The highest BCUT2D eigenvalue weighted by atomic mass is 15.1. The number of nitrogens with one attached hydrogen (secondary N) is 1. The molecular weight excluding hydrogens is 292 g/mol. The van der Waals surface area contributed by atoms with Gasteiger partial charge in [0.15, 0.2) is 0 Å². The summed E-state index contributed by atoms with van der Waals surface area (Å²) >= 11 is 0. The molecule has 2 heteroatoms. The molecule has 0 radical (unpaired) electrons. The van der Waals surface area contributed by atoms with Gasteiger partial charge in [0.1, 0.15) is 0 Å². The predicted octanol–water partition coefficient (Wildman–Crippen LogP) is 4.63. The van der Waals surface area contributed by atoms with Crippen LogP contribution in [-0.2, 0) is 6.54 Å². The van der Waals surface area contributed by atoms with Crippen molar-refractivity contribution in [2.24, 2.45) is 0 Å². The standard InChI is InChI=1S/C22H32N2/c1-6-22(17(2)3)23-15-19-11-13-21(14-12-19)24(5)16-20-9-7-18(4)8-10-20/h7-13,21-23H,2,6,14-16H2,1,3-5H3. The highest BCUT2D eigenvalue weighted by Gasteiger charge is 2.15. The zero-order valence-electron chi connectivity index (χ0n) is 15.7. The second-order valence-electron chi connectivity index (χ2n) is 7.03. The van der Waals surface area contributed by atoms with E-state index in [4.69, 9.17) is 0 Å². The summed E-state index contributed by atoms with van der Waals surface area (Å²) < 4.78 is 0. The molecule has 1 aromatic carbocycles. The highest BCUT2D eigenvalue weighted by molar-refractivity contribution is 5.27. The van der Waals surface area contributed by atoms with E-state index in [1.807, 2.05) is 0 Å².